The van der Waals surface area contributed by atoms with Crippen molar-refractivity contribution in [2.24, 2.45) is 0 Å². The maximum Gasteiger partial charge on any atom is 0.329 e. The summed E-state index contributed by atoms with van der Waals surface area (Å²) in [6.07, 6.45) is 3.59. The number of ether oxygens (including phenoxy) is 1. The first-order chi connectivity index (χ1) is 9.57. The summed E-state index contributed by atoms with van der Waals surface area (Å²) in [6.45, 7) is 3.44. The van der Waals surface area contributed by atoms with Crippen molar-refractivity contribution >= 4 is 5.97 Å². The Morgan fingerprint density at radius 3 is 2.95 bits per heavy atom. The van der Waals surface area contributed by atoms with Gasteiger partial charge < -0.3 is 9.84 Å². The second-order valence-electron chi connectivity index (χ2n) is 6.14. The largest absolute Gasteiger partial charge is 0.480 e. The SMILES string of the molecule is CC1(OCC(=O)O)CN(C2CCCc3ccccc32)C1. The molecule has 0 amide bonds. The summed E-state index contributed by atoms with van der Waals surface area (Å²) in [5.74, 6) is -0.896. The molecule has 1 unspecified atom stereocenters. The average molecular weight is 275 g/mol. The molecule has 0 saturated carbocycles. The van der Waals surface area contributed by atoms with E-state index in [1.807, 2.05) is 6.92 Å². The van der Waals surface area contributed by atoms with E-state index in [2.05, 4.69) is 29.2 Å². The Labute approximate surface area is 119 Å². The molecule has 1 fully saturated rings. The molecule has 1 N–H and O–H groups in total. The maximum atomic E-state index is 10.6. The Hall–Kier alpha value is -1.39. The number of hydrogen-bond acceptors (Lipinski definition) is 3. The second-order valence-corrected chi connectivity index (χ2v) is 6.14. The highest BCUT2D eigenvalue weighted by atomic mass is 16.5. The summed E-state index contributed by atoms with van der Waals surface area (Å²) in [5, 5.41) is 8.70. The number of rotatable bonds is 4. The molecular formula is C16H21NO3. The normalized spacial score (nSPS) is 24.8. The monoisotopic (exact) mass is 275 g/mol. The molecular weight excluding hydrogens is 254 g/mol. The van der Waals surface area contributed by atoms with Gasteiger partial charge in [-0.1, -0.05) is 24.3 Å². The van der Waals surface area contributed by atoms with Crippen LogP contribution in [0.1, 0.15) is 36.9 Å². The molecule has 1 heterocycles. The van der Waals surface area contributed by atoms with Gasteiger partial charge in [0.1, 0.15) is 6.61 Å². The molecule has 0 radical (unpaired) electrons. The highest BCUT2D eigenvalue weighted by molar-refractivity contribution is 5.68. The van der Waals surface area contributed by atoms with Gasteiger partial charge in [0.25, 0.3) is 0 Å². The van der Waals surface area contributed by atoms with Crippen molar-refractivity contribution in [3.05, 3.63) is 35.4 Å². The van der Waals surface area contributed by atoms with E-state index in [0.29, 0.717) is 6.04 Å². The van der Waals surface area contributed by atoms with Gasteiger partial charge >= 0.3 is 5.97 Å². The molecule has 0 spiro atoms. The van der Waals surface area contributed by atoms with Gasteiger partial charge in [-0.15, -0.1) is 0 Å². The molecule has 1 aromatic carbocycles. The highest BCUT2D eigenvalue weighted by Crippen LogP contribution is 2.39. The van der Waals surface area contributed by atoms with Gasteiger partial charge in [0.2, 0.25) is 0 Å². The summed E-state index contributed by atoms with van der Waals surface area (Å²) in [7, 11) is 0. The van der Waals surface area contributed by atoms with Crippen LogP contribution in [0.2, 0.25) is 0 Å². The number of nitrogens with zero attached hydrogens (tertiary/aromatic N) is 1. The Morgan fingerprint density at radius 1 is 1.45 bits per heavy atom. The lowest BCUT2D eigenvalue weighted by atomic mass is 9.83. The summed E-state index contributed by atoms with van der Waals surface area (Å²) in [6, 6.07) is 9.14. The zero-order chi connectivity index (χ0) is 14.2. The molecule has 0 aromatic heterocycles. The van der Waals surface area contributed by atoms with E-state index in [1.165, 1.54) is 30.4 Å². The summed E-state index contributed by atoms with van der Waals surface area (Å²) in [5.41, 5.74) is 2.60. The summed E-state index contributed by atoms with van der Waals surface area (Å²) < 4.78 is 5.49. The molecule has 1 atom stereocenters. The molecule has 3 rings (SSSR count). The van der Waals surface area contributed by atoms with E-state index in [0.717, 1.165) is 13.1 Å². The molecule has 0 bridgehead atoms. The molecule has 1 aromatic rings. The predicted octanol–water partition coefficient (Wildman–Crippen LogP) is 2.24. The van der Waals surface area contributed by atoms with Gasteiger partial charge in [-0.2, -0.15) is 0 Å². The summed E-state index contributed by atoms with van der Waals surface area (Å²) in [4.78, 5) is 13.0. The number of fused-ring (bicyclic) bond motifs is 1. The van der Waals surface area contributed by atoms with E-state index in [9.17, 15) is 4.79 Å². The molecule has 2 aliphatic rings. The van der Waals surface area contributed by atoms with E-state index in [4.69, 9.17) is 9.84 Å². The van der Waals surface area contributed by atoms with Crippen LogP contribution in [0.4, 0.5) is 0 Å². The lowest BCUT2D eigenvalue weighted by Crippen LogP contribution is -2.62. The van der Waals surface area contributed by atoms with Crippen LogP contribution in [0.15, 0.2) is 24.3 Å². The van der Waals surface area contributed by atoms with Crippen molar-refractivity contribution in [2.45, 2.75) is 37.8 Å². The molecule has 4 heteroatoms. The summed E-state index contributed by atoms with van der Waals surface area (Å²) >= 11 is 0. The first-order valence-electron chi connectivity index (χ1n) is 7.25. The number of aliphatic carboxylic acids is 1. The minimum absolute atomic E-state index is 0.203. The van der Waals surface area contributed by atoms with Crippen LogP contribution < -0.4 is 0 Å². The molecule has 108 valence electrons. The van der Waals surface area contributed by atoms with Crippen molar-refractivity contribution in [3.8, 4) is 0 Å². The predicted molar refractivity (Wildman–Crippen MR) is 75.7 cm³/mol. The Bertz CT molecular complexity index is 508. The highest BCUT2D eigenvalue weighted by Gasteiger charge is 2.44. The Kier molecular flexibility index (Phi) is 3.52. The molecule has 4 nitrogen and oxygen atoms in total. The molecule has 1 aliphatic heterocycles. The fraction of sp³-hybridized carbons (Fsp3) is 0.562. The van der Waals surface area contributed by atoms with Crippen LogP contribution in [-0.2, 0) is 16.0 Å². The van der Waals surface area contributed by atoms with E-state index >= 15 is 0 Å². The third-order valence-electron chi connectivity index (χ3n) is 4.40. The standard InChI is InChI=1S/C16H21NO3/c1-16(20-9-15(18)19)10-17(11-16)14-8-4-6-12-5-2-3-7-13(12)14/h2-3,5,7,14H,4,6,8-11H2,1H3,(H,18,19). The van der Waals surface area contributed by atoms with Gasteiger partial charge in [0.05, 0.1) is 5.60 Å². The van der Waals surface area contributed by atoms with Crippen molar-refractivity contribution in [3.63, 3.8) is 0 Å². The number of carboxylic acid groups (broad SMARTS) is 1. The number of hydrogen-bond donors (Lipinski definition) is 1. The number of likely N-dealkylation sites (tertiary alicyclic amines) is 1. The fourth-order valence-corrected chi connectivity index (χ4v) is 3.47. The average Bonchev–Trinajstić information content (AvgIpc) is 2.41. The first-order valence-corrected chi connectivity index (χ1v) is 7.25. The van der Waals surface area contributed by atoms with E-state index < -0.39 is 5.97 Å². The molecule has 20 heavy (non-hydrogen) atoms. The van der Waals surface area contributed by atoms with E-state index in [1.54, 1.807) is 0 Å². The van der Waals surface area contributed by atoms with Crippen LogP contribution in [0, 0.1) is 0 Å². The fourth-order valence-electron chi connectivity index (χ4n) is 3.47. The number of benzene rings is 1. The van der Waals surface area contributed by atoms with Gasteiger partial charge in [0.15, 0.2) is 0 Å². The van der Waals surface area contributed by atoms with Gasteiger partial charge in [-0.05, 0) is 37.3 Å². The zero-order valence-electron chi connectivity index (χ0n) is 11.8. The third kappa shape index (κ3) is 2.58. The number of carboxylic acids is 1. The van der Waals surface area contributed by atoms with Crippen LogP contribution >= 0.6 is 0 Å². The molecule has 1 saturated heterocycles. The van der Waals surface area contributed by atoms with Crippen LogP contribution in [-0.4, -0.2) is 41.3 Å². The zero-order valence-corrected chi connectivity index (χ0v) is 11.8. The second kappa shape index (κ2) is 5.19. The number of carbonyl (C=O) groups is 1. The van der Waals surface area contributed by atoms with Crippen molar-refractivity contribution < 1.29 is 14.6 Å². The quantitative estimate of drug-likeness (QED) is 0.915. The van der Waals surface area contributed by atoms with Gasteiger partial charge in [-0.25, -0.2) is 4.79 Å². The third-order valence-corrected chi connectivity index (χ3v) is 4.40. The van der Waals surface area contributed by atoms with Crippen LogP contribution in [0.25, 0.3) is 0 Å². The molecule has 1 aliphatic carbocycles. The van der Waals surface area contributed by atoms with Crippen molar-refractivity contribution in [1.29, 1.82) is 0 Å². The first kappa shape index (κ1) is 13.6. The number of aryl methyl sites for hydroxylation is 1. The maximum absolute atomic E-state index is 10.6. The lowest BCUT2D eigenvalue weighted by molar-refractivity contribution is -0.170. The minimum Gasteiger partial charge on any atom is -0.480 e. The lowest BCUT2D eigenvalue weighted by Gasteiger charge is -2.52. The van der Waals surface area contributed by atoms with E-state index in [-0.39, 0.29) is 12.2 Å². The van der Waals surface area contributed by atoms with Crippen LogP contribution in [0.5, 0.6) is 0 Å². The van der Waals surface area contributed by atoms with Gasteiger partial charge in [0, 0.05) is 19.1 Å². The van der Waals surface area contributed by atoms with Crippen molar-refractivity contribution in [2.75, 3.05) is 19.7 Å². The minimum atomic E-state index is -0.896. The Morgan fingerprint density at radius 2 is 2.20 bits per heavy atom. The topological polar surface area (TPSA) is 49.8 Å². The smallest absolute Gasteiger partial charge is 0.329 e. The Balaban J connectivity index is 1.65. The van der Waals surface area contributed by atoms with Crippen molar-refractivity contribution in [1.82, 2.24) is 4.90 Å². The van der Waals surface area contributed by atoms with Crippen LogP contribution in [0.3, 0.4) is 0 Å². The van der Waals surface area contributed by atoms with Gasteiger partial charge in [-0.3, -0.25) is 4.90 Å².